The van der Waals surface area contributed by atoms with Gasteiger partial charge in [-0.3, -0.25) is 0 Å². The van der Waals surface area contributed by atoms with E-state index >= 15 is 0 Å². The molecule has 2 heteroatoms. The molecule has 2 fully saturated rings. The molecule has 1 unspecified atom stereocenters. The number of hydrogen-bond acceptors (Lipinski definition) is 2. The van der Waals surface area contributed by atoms with Crippen molar-refractivity contribution >= 4 is 5.69 Å². The number of hydrogen-bond donors (Lipinski definition) is 1. The molecule has 3 rings (SSSR count). The van der Waals surface area contributed by atoms with E-state index in [1.165, 1.54) is 56.4 Å². The van der Waals surface area contributed by atoms with Crippen LogP contribution in [0, 0.1) is 5.41 Å². The van der Waals surface area contributed by atoms with Crippen LogP contribution in [0.1, 0.15) is 57.6 Å². The molecule has 1 saturated carbocycles. The van der Waals surface area contributed by atoms with Crippen LogP contribution >= 0.6 is 0 Å². The summed E-state index contributed by atoms with van der Waals surface area (Å²) >= 11 is 0. The number of benzene rings is 1. The normalized spacial score (nSPS) is 22.0. The Kier molecular flexibility index (Phi) is 4.02. The summed E-state index contributed by atoms with van der Waals surface area (Å²) in [5.41, 5.74) is 3.50. The van der Waals surface area contributed by atoms with E-state index in [0.29, 0.717) is 11.5 Å². The molecule has 1 atom stereocenters. The minimum atomic E-state index is 0.460. The Morgan fingerprint density at radius 3 is 2.40 bits per heavy atom. The highest BCUT2D eigenvalue weighted by Crippen LogP contribution is 2.46. The zero-order valence-corrected chi connectivity index (χ0v) is 13.0. The molecule has 2 nitrogen and oxygen atoms in total. The standard InChI is InChI=1S/C18H28N2/c1-3-12-19-15(2)16-6-8-17(9-7-16)20-13-18(14-20)10-4-5-11-18/h6-9,15,19H,3-5,10-14H2,1-2H3. The van der Waals surface area contributed by atoms with Gasteiger partial charge >= 0.3 is 0 Å². The van der Waals surface area contributed by atoms with E-state index in [0.717, 1.165) is 6.54 Å². The van der Waals surface area contributed by atoms with Gasteiger partial charge in [0.1, 0.15) is 0 Å². The first-order valence-electron chi connectivity index (χ1n) is 8.31. The smallest absolute Gasteiger partial charge is 0.0366 e. The second-order valence-corrected chi connectivity index (χ2v) is 6.83. The minimum Gasteiger partial charge on any atom is -0.370 e. The van der Waals surface area contributed by atoms with Gasteiger partial charge in [0.25, 0.3) is 0 Å². The van der Waals surface area contributed by atoms with Crippen LogP contribution in [0.4, 0.5) is 5.69 Å². The van der Waals surface area contributed by atoms with E-state index in [4.69, 9.17) is 0 Å². The molecule has 0 radical (unpaired) electrons. The molecule has 1 N–H and O–H groups in total. The van der Waals surface area contributed by atoms with Crippen LogP contribution in [0.25, 0.3) is 0 Å². The van der Waals surface area contributed by atoms with Gasteiger partial charge < -0.3 is 10.2 Å². The van der Waals surface area contributed by atoms with Crippen molar-refractivity contribution in [2.75, 3.05) is 24.5 Å². The molecule has 1 aliphatic heterocycles. The summed E-state index contributed by atoms with van der Waals surface area (Å²) in [5, 5.41) is 3.55. The van der Waals surface area contributed by atoms with E-state index in [1.54, 1.807) is 0 Å². The van der Waals surface area contributed by atoms with Crippen molar-refractivity contribution in [3.05, 3.63) is 29.8 Å². The molecule has 1 heterocycles. The number of rotatable bonds is 5. The Balaban J connectivity index is 1.57. The van der Waals surface area contributed by atoms with Gasteiger partial charge in [-0.15, -0.1) is 0 Å². The fourth-order valence-corrected chi connectivity index (χ4v) is 3.84. The van der Waals surface area contributed by atoms with Crippen molar-refractivity contribution in [2.45, 2.75) is 52.0 Å². The third kappa shape index (κ3) is 2.71. The molecular formula is C18H28N2. The van der Waals surface area contributed by atoms with Gasteiger partial charge in [-0.05, 0) is 50.4 Å². The fourth-order valence-electron chi connectivity index (χ4n) is 3.84. The third-order valence-electron chi connectivity index (χ3n) is 5.18. The highest BCUT2D eigenvalue weighted by atomic mass is 15.2. The summed E-state index contributed by atoms with van der Waals surface area (Å²) in [6, 6.07) is 9.66. The second-order valence-electron chi connectivity index (χ2n) is 6.83. The van der Waals surface area contributed by atoms with Crippen molar-refractivity contribution in [2.24, 2.45) is 5.41 Å². The van der Waals surface area contributed by atoms with E-state index in [9.17, 15) is 0 Å². The lowest BCUT2D eigenvalue weighted by Crippen LogP contribution is -2.55. The molecule has 1 aromatic rings. The maximum absolute atomic E-state index is 3.55. The van der Waals surface area contributed by atoms with Crippen LogP contribution in [-0.2, 0) is 0 Å². The maximum atomic E-state index is 3.55. The van der Waals surface area contributed by atoms with Crippen molar-refractivity contribution in [3.8, 4) is 0 Å². The van der Waals surface area contributed by atoms with Crippen LogP contribution < -0.4 is 10.2 Å². The monoisotopic (exact) mass is 272 g/mol. The SMILES string of the molecule is CCCNC(C)c1ccc(N2CC3(CCCC3)C2)cc1. The Labute approximate surface area is 123 Å². The van der Waals surface area contributed by atoms with Gasteiger partial charge in [0.05, 0.1) is 0 Å². The Bertz CT molecular complexity index is 423. The molecule has 20 heavy (non-hydrogen) atoms. The average Bonchev–Trinajstić information content (AvgIpc) is 2.93. The van der Waals surface area contributed by atoms with Crippen LogP contribution in [0.3, 0.4) is 0 Å². The van der Waals surface area contributed by atoms with Crippen LogP contribution in [-0.4, -0.2) is 19.6 Å². The minimum absolute atomic E-state index is 0.460. The van der Waals surface area contributed by atoms with Crippen LogP contribution in [0.2, 0.25) is 0 Å². The predicted molar refractivity (Wildman–Crippen MR) is 86.3 cm³/mol. The Morgan fingerprint density at radius 2 is 1.80 bits per heavy atom. The van der Waals surface area contributed by atoms with E-state index in [2.05, 4.69) is 48.3 Å². The Morgan fingerprint density at radius 1 is 1.15 bits per heavy atom. The van der Waals surface area contributed by atoms with Gasteiger partial charge in [0, 0.05) is 30.2 Å². The Hall–Kier alpha value is -1.02. The molecule has 1 aliphatic carbocycles. The van der Waals surface area contributed by atoms with Crippen molar-refractivity contribution < 1.29 is 0 Å². The number of nitrogens with one attached hydrogen (secondary N) is 1. The molecular weight excluding hydrogens is 244 g/mol. The lowest BCUT2D eigenvalue weighted by molar-refractivity contribution is 0.222. The first kappa shape index (κ1) is 13.9. The van der Waals surface area contributed by atoms with Gasteiger partial charge in [-0.2, -0.15) is 0 Å². The van der Waals surface area contributed by atoms with E-state index < -0.39 is 0 Å². The second kappa shape index (κ2) is 5.77. The molecule has 0 bridgehead atoms. The number of nitrogens with zero attached hydrogens (tertiary/aromatic N) is 1. The van der Waals surface area contributed by atoms with E-state index in [1.807, 2.05) is 0 Å². The zero-order valence-electron chi connectivity index (χ0n) is 13.0. The lowest BCUT2D eigenvalue weighted by Gasteiger charge is -2.49. The zero-order chi connectivity index (χ0) is 14.0. The van der Waals surface area contributed by atoms with E-state index in [-0.39, 0.29) is 0 Å². The van der Waals surface area contributed by atoms with Gasteiger partial charge in [-0.25, -0.2) is 0 Å². The largest absolute Gasteiger partial charge is 0.370 e. The summed E-state index contributed by atoms with van der Waals surface area (Å²) < 4.78 is 0. The summed E-state index contributed by atoms with van der Waals surface area (Å²) in [7, 11) is 0. The molecule has 1 saturated heterocycles. The van der Waals surface area contributed by atoms with Crippen molar-refractivity contribution in [3.63, 3.8) is 0 Å². The maximum Gasteiger partial charge on any atom is 0.0366 e. The lowest BCUT2D eigenvalue weighted by atomic mass is 9.78. The van der Waals surface area contributed by atoms with Gasteiger partial charge in [0.15, 0.2) is 0 Å². The summed E-state index contributed by atoms with van der Waals surface area (Å²) in [6.07, 6.45) is 7.01. The molecule has 1 spiro atoms. The highest BCUT2D eigenvalue weighted by molar-refractivity contribution is 5.51. The first-order chi connectivity index (χ1) is 9.72. The van der Waals surface area contributed by atoms with Crippen molar-refractivity contribution in [1.29, 1.82) is 0 Å². The van der Waals surface area contributed by atoms with Gasteiger partial charge in [-0.1, -0.05) is 31.9 Å². The van der Waals surface area contributed by atoms with Crippen LogP contribution in [0.15, 0.2) is 24.3 Å². The molecule has 0 amide bonds. The highest BCUT2D eigenvalue weighted by Gasteiger charge is 2.44. The van der Waals surface area contributed by atoms with Crippen LogP contribution in [0.5, 0.6) is 0 Å². The van der Waals surface area contributed by atoms with Crippen molar-refractivity contribution in [1.82, 2.24) is 5.32 Å². The molecule has 110 valence electrons. The molecule has 2 aliphatic rings. The fraction of sp³-hybridized carbons (Fsp3) is 0.667. The summed E-state index contributed by atoms with van der Waals surface area (Å²) in [5.74, 6) is 0. The van der Waals surface area contributed by atoms with Gasteiger partial charge in [0.2, 0.25) is 0 Å². The quantitative estimate of drug-likeness (QED) is 0.867. The molecule has 0 aromatic heterocycles. The predicted octanol–water partition coefficient (Wildman–Crippen LogP) is 4.13. The molecule has 1 aromatic carbocycles. The third-order valence-corrected chi connectivity index (χ3v) is 5.18. The first-order valence-corrected chi connectivity index (χ1v) is 8.31. The number of anilines is 1. The summed E-state index contributed by atoms with van der Waals surface area (Å²) in [6.45, 7) is 8.14. The summed E-state index contributed by atoms with van der Waals surface area (Å²) in [4.78, 5) is 2.55. The topological polar surface area (TPSA) is 15.3 Å². The average molecular weight is 272 g/mol.